The molecule has 0 spiro atoms. The minimum atomic E-state index is -0.739. The van der Waals surface area contributed by atoms with Gasteiger partial charge in [0.1, 0.15) is 6.04 Å². The summed E-state index contributed by atoms with van der Waals surface area (Å²) >= 11 is 0. The van der Waals surface area contributed by atoms with Gasteiger partial charge in [0.25, 0.3) is 5.69 Å². The molecule has 2 N–H and O–H groups in total. The van der Waals surface area contributed by atoms with Crippen molar-refractivity contribution in [1.82, 2.24) is 0 Å². The molecular weight excluding hydrogens is 260 g/mol. The Morgan fingerprint density at radius 1 is 1.44 bits per heavy atom. The minimum Gasteiger partial charge on any atom is -0.465 e. The maximum Gasteiger partial charge on any atom is 0.323 e. The average molecular weight is 275 g/mol. The Morgan fingerprint density at radius 2 is 2.00 bits per heavy atom. The fourth-order valence-electron chi connectivity index (χ4n) is 1.34. The third-order valence-corrected chi connectivity index (χ3v) is 2.19. The minimum absolute atomic E-state index is 0. The predicted octanol–water partition coefficient (Wildman–Crippen LogP) is 1.45. The van der Waals surface area contributed by atoms with Crippen molar-refractivity contribution < 1.29 is 14.5 Å². The van der Waals surface area contributed by atoms with Crippen molar-refractivity contribution in [1.29, 1.82) is 0 Å². The largest absolute Gasteiger partial charge is 0.465 e. The molecule has 6 nitrogen and oxygen atoms in total. The zero-order valence-corrected chi connectivity index (χ0v) is 10.7. The van der Waals surface area contributed by atoms with Gasteiger partial charge in [0.15, 0.2) is 0 Å². The molecule has 100 valence electrons. The molecule has 0 aliphatic rings. The predicted molar refractivity (Wildman–Crippen MR) is 68.7 cm³/mol. The van der Waals surface area contributed by atoms with Gasteiger partial charge in [-0.25, -0.2) is 0 Å². The summed E-state index contributed by atoms with van der Waals surface area (Å²) in [7, 11) is 0. The number of esters is 1. The van der Waals surface area contributed by atoms with Crippen molar-refractivity contribution in [2.24, 2.45) is 5.73 Å². The molecule has 0 heterocycles. The molecule has 0 saturated heterocycles. The van der Waals surface area contributed by atoms with E-state index in [0.29, 0.717) is 6.42 Å². The maximum atomic E-state index is 11.3. The Balaban J connectivity index is 0.00000289. The van der Waals surface area contributed by atoms with E-state index < -0.39 is 16.9 Å². The van der Waals surface area contributed by atoms with E-state index in [1.165, 1.54) is 12.1 Å². The van der Waals surface area contributed by atoms with Crippen molar-refractivity contribution in [3.63, 3.8) is 0 Å². The van der Waals surface area contributed by atoms with Gasteiger partial charge < -0.3 is 10.5 Å². The number of nitrogens with two attached hydrogens (primary N) is 1. The summed E-state index contributed by atoms with van der Waals surface area (Å²) in [6.07, 6.45) is 0.302. The summed E-state index contributed by atoms with van der Waals surface area (Å²) in [6, 6.07) is 5.19. The molecule has 1 rings (SSSR count). The molecule has 7 heteroatoms. The van der Waals surface area contributed by atoms with Gasteiger partial charge in [-0.3, -0.25) is 14.9 Å². The van der Waals surface area contributed by atoms with Crippen LogP contribution in [0.3, 0.4) is 0 Å². The molecule has 0 bridgehead atoms. The Labute approximate surface area is 111 Å². The van der Waals surface area contributed by atoms with Crippen molar-refractivity contribution >= 4 is 24.1 Å². The first-order chi connectivity index (χ1) is 8.04. The number of benzene rings is 1. The van der Waals surface area contributed by atoms with Crippen LogP contribution in [0.5, 0.6) is 0 Å². The van der Waals surface area contributed by atoms with E-state index in [1.807, 2.05) is 0 Å². The molecule has 0 unspecified atom stereocenters. The number of carbonyl (C=O) groups is 1. The second-order valence-electron chi connectivity index (χ2n) is 3.49. The zero-order valence-electron chi connectivity index (χ0n) is 9.87. The SMILES string of the molecule is CCOC(=O)[C@H](N)Cc1ccc([N+](=O)[O-])cc1.Cl. The molecule has 18 heavy (non-hydrogen) atoms. The standard InChI is InChI=1S/C11H14N2O4.ClH/c1-2-17-11(14)10(12)7-8-3-5-9(6-4-8)13(15)16;/h3-6,10H,2,7,12H2,1H3;1H/t10-;/m1./s1. The number of hydrogen-bond donors (Lipinski definition) is 1. The van der Waals surface area contributed by atoms with Gasteiger partial charge in [0.2, 0.25) is 0 Å². The number of nitro benzene ring substituents is 1. The Kier molecular flexibility index (Phi) is 6.92. The Hall–Kier alpha value is -1.66. The Morgan fingerprint density at radius 3 is 2.44 bits per heavy atom. The number of hydrogen-bond acceptors (Lipinski definition) is 5. The lowest BCUT2D eigenvalue weighted by molar-refractivity contribution is -0.384. The topological polar surface area (TPSA) is 95.5 Å². The number of nitro groups is 1. The first-order valence-electron chi connectivity index (χ1n) is 5.20. The van der Waals surface area contributed by atoms with Crippen LogP contribution in [0.4, 0.5) is 5.69 Å². The molecule has 0 aromatic heterocycles. The first-order valence-corrected chi connectivity index (χ1v) is 5.20. The highest BCUT2D eigenvalue weighted by Crippen LogP contribution is 2.13. The number of non-ortho nitro benzene ring substituents is 1. The molecule has 1 atom stereocenters. The van der Waals surface area contributed by atoms with E-state index in [-0.39, 0.29) is 24.7 Å². The van der Waals surface area contributed by atoms with Crippen LogP contribution in [-0.2, 0) is 16.0 Å². The van der Waals surface area contributed by atoms with Gasteiger partial charge in [-0.05, 0) is 18.9 Å². The van der Waals surface area contributed by atoms with E-state index in [2.05, 4.69) is 0 Å². The summed E-state index contributed by atoms with van der Waals surface area (Å²) in [6.45, 7) is 1.99. The molecular formula is C11H15ClN2O4. The number of rotatable bonds is 5. The second kappa shape index (κ2) is 7.62. The van der Waals surface area contributed by atoms with E-state index in [1.54, 1.807) is 19.1 Å². The average Bonchev–Trinajstić information content (AvgIpc) is 2.30. The van der Waals surface area contributed by atoms with Crippen molar-refractivity contribution in [3.05, 3.63) is 39.9 Å². The third kappa shape index (κ3) is 4.68. The monoisotopic (exact) mass is 274 g/mol. The molecule has 0 saturated carbocycles. The lowest BCUT2D eigenvalue weighted by Gasteiger charge is -2.10. The van der Waals surface area contributed by atoms with Crippen LogP contribution in [0, 0.1) is 10.1 Å². The molecule has 0 fully saturated rings. The zero-order chi connectivity index (χ0) is 12.8. The summed E-state index contributed by atoms with van der Waals surface area (Å²) in [5.74, 6) is -0.467. The van der Waals surface area contributed by atoms with Crippen LogP contribution in [0.1, 0.15) is 12.5 Å². The van der Waals surface area contributed by atoms with Crippen molar-refractivity contribution in [3.8, 4) is 0 Å². The van der Waals surface area contributed by atoms with Crippen LogP contribution in [0.15, 0.2) is 24.3 Å². The Bertz CT molecular complexity index is 408. The van der Waals surface area contributed by atoms with Crippen molar-refractivity contribution in [2.45, 2.75) is 19.4 Å². The highest BCUT2D eigenvalue weighted by Gasteiger charge is 2.15. The van der Waals surface area contributed by atoms with Gasteiger partial charge >= 0.3 is 5.97 Å². The fraction of sp³-hybridized carbons (Fsp3) is 0.364. The number of carbonyl (C=O) groups excluding carboxylic acids is 1. The van der Waals surface area contributed by atoms with Crippen LogP contribution >= 0.6 is 12.4 Å². The molecule has 0 amide bonds. The van der Waals surface area contributed by atoms with Gasteiger partial charge in [0.05, 0.1) is 11.5 Å². The molecule has 1 aromatic rings. The van der Waals surface area contributed by atoms with Gasteiger partial charge in [-0.2, -0.15) is 0 Å². The fourth-order valence-corrected chi connectivity index (χ4v) is 1.34. The quantitative estimate of drug-likeness (QED) is 0.498. The number of nitrogens with zero attached hydrogens (tertiary/aromatic N) is 1. The van der Waals surface area contributed by atoms with Gasteiger partial charge in [-0.15, -0.1) is 12.4 Å². The first kappa shape index (κ1) is 16.3. The summed E-state index contributed by atoms with van der Waals surface area (Å²) in [5.41, 5.74) is 6.40. The van der Waals surface area contributed by atoms with Crippen LogP contribution in [0.2, 0.25) is 0 Å². The van der Waals surface area contributed by atoms with Crippen LogP contribution in [0.25, 0.3) is 0 Å². The lowest BCUT2D eigenvalue weighted by Crippen LogP contribution is -2.34. The molecule has 0 aliphatic heterocycles. The maximum absolute atomic E-state index is 11.3. The smallest absolute Gasteiger partial charge is 0.323 e. The third-order valence-electron chi connectivity index (χ3n) is 2.19. The number of ether oxygens (including phenoxy) is 1. The molecule has 0 radical (unpaired) electrons. The van der Waals surface area contributed by atoms with E-state index in [4.69, 9.17) is 10.5 Å². The van der Waals surface area contributed by atoms with E-state index in [9.17, 15) is 14.9 Å². The normalized spacial score (nSPS) is 11.2. The van der Waals surface area contributed by atoms with Gasteiger partial charge in [0, 0.05) is 12.1 Å². The van der Waals surface area contributed by atoms with Crippen molar-refractivity contribution in [2.75, 3.05) is 6.61 Å². The second-order valence-corrected chi connectivity index (χ2v) is 3.49. The summed E-state index contributed by atoms with van der Waals surface area (Å²) < 4.78 is 4.77. The summed E-state index contributed by atoms with van der Waals surface area (Å²) in [4.78, 5) is 21.2. The molecule has 1 aromatic carbocycles. The van der Waals surface area contributed by atoms with Crippen LogP contribution < -0.4 is 5.73 Å². The van der Waals surface area contributed by atoms with Crippen LogP contribution in [-0.4, -0.2) is 23.5 Å². The van der Waals surface area contributed by atoms with E-state index >= 15 is 0 Å². The highest BCUT2D eigenvalue weighted by atomic mass is 35.5. The molecule has 0 aliphatic carbocycles. The summed E-state index contributed by atoms with van der Waals surface area (Å²) in [5, 5.41) is 10.4. The lowest BCUT2D eigenvalue weighted by atomic mass is 10.1. The number of halogens is 1. The van der Waals surface area contributed by atoms with E-state index in [0.717, 1.165) is 5.56 Å². The highest BCUT2D eigenvalue weighted by molar-refractivity contribution is 5.85. The van der Waals surface area contributed by atoms with Gasteiger partial charge in [-0.1, -0.05) is 12.1 Å².